The summed E-state index contributed by atoms with van der Waals surface area (Å²) in [5.41, 5.74) is 2.22. The largest absolute Gasteiger partial charge is 0.405 e. The molecule has 6 heteroatoms. The smallest absolute Gasteiger partial charge is 0.309 e. The third-order valence-corrected chi connectivity index (χ3v) is 3.41. The maximum absolute atomic E-state index is 11.5. The van der Waals surface area contributed by atoms with Crippen LogP contribution in [0.15, 0.2) is 60.7 Å². The van der Waals surface area contributed by atoms with E-state index in [4.69, 9.17) is 9.47 Å². The minimum absolute atomic E-state index is 0.0142. The van der Waals surface area contributed by atoms with E-state index in [0.29, 0.717) is 11.4 Å². The molecule has 0 aliphatic carbocycles. The minimum atomic E-state index is -0.544. The average molecular weight is 348 g/mol. The Morgan fingerprint density at radius 3 is 1.38 bits per heavy atom. The summed E-state index contributed by atoms with van der Waals surface area (Å²) in [5.74, 6) is -1.12. The minimum Gasteiger partial charge on any atom is -0.405 e. The van der Waals surface area contributed by atoms with Crippen molar-refractivity contribution < 1.29 is 19.1 Å². The lowest BCUT2D eigenvalue weighted by Crippen LogP contribution is -2.10. The Morgan fingerprint density at radius 1 is 0.654 bits per heavy atom. The molecule has 2 aromatic carbocycles. The molecule has 1 heterocycles. The van der Waals surface area contributed by atoms with Gasteiger partial charge in [0.05, 0.1) is 0 Å². The molecule has 0 radical (unpaired) electrons. The fourth-order valence-corrected chi connectivity index (χ4v) is 2.39. The summed E-state index contributed by atoms with van der Waals surface area (Å²) in [6.45, 7) is 2.54. The predicted octanol–water partition coefficient (Wildman–Crippen LogP) is 3.66. The molecule has 3 rings (SSSR count). The first kappa shape index (κ1) is 17.3. The maximum Gasteiger partial charge on any atom is 0.309 e. The molecule has 0 atom stereocenters. The van der Waals surface area contributed by atoms with Crippen LogP contribution in [0.2, 0.25) is 0 Å². The van der Waals surface area contributed by atoms with Gasteiger partial charge in [0.25, 0.3) is 11.8 Å². The van der Waals surface area contributed by atoms with Crippen LogP contribution in [-0.2, 0) is 9.59 Å². The number of aromatic nitrogens is 2. The van der Waals surface area contributed by atoms with Gasteiger partial charge >= 0.3 is 11.9 Å². The molecule has 1 aromatic heterocycles. The maximum atomic E-state index is 11.5. The van der Waals surface area contributed by atoms with Crippen LogP contribution in [0.4, 0.5) is 0 Å². The fourth-order valence-electron chi connectivity index (χ4n) is 2.39. The van der Waals surface area contributed by atoms with Crippen molar-refractivity contribution in [1.82, 2.24) is 9.97 Å². The Morgan fingerprint density at radius 2 is 1.04 bits per heavy atom. The van der Waals surface area contributed by atoms with Crippen molar-refractivity contribution in [3.05, 3.63) is 60.7 Å². The van der Waals surface area contributed by atoms with E-state index in [1.165, 1.54) is 13.8 Å². The molecule has 6 nitrogen and oxygen atoms in total. The van der Waals surface area contributed by atoms with Crippen LogP contribution in [0.25, 0.3) is 22.5 Å². The highest BCUT2D eigenvalue weighted by Crippen LogP contribution is 2.35. The number of hydrogen-bond donors (Lipinski definition) is 0. The van der Waals surface area contributed by atoms with Gasteiger partial charge in [-0.2, -0.15) is 4.98 Å². The molecule has 0 N–H and O–H groups in total. The van der Waals surface area contributed by atoms with Crippen molar-refractivity contribution in [2.75, 3.05) is 0 Å². The van der Waals surface area contributed by atoms with Gasteiger partial charge in [0, 0.05) is 25.0 Å². The molecule has 0 aliphatic rings. The fraction of sp³-hybridized carbons (Fsp3) is 0.100. The van der Waals surface area contributed by atoms with E-state index >= 15 is 0 Å². The number of ether oxygens (including phenoxy) is 2. The summed E-state index contributed by atoms with van der Waals surface area (Å²) in [4.78, 5) is 31.8. The molecule has 0 aliphatic heterocycles. The summed E-state index contributed by atoms with van der Waals surface area (Å²) in [5, 5.41) is 0. The zero-order chi connectivity index (χ0) is 18.5. The first-order chi connectivity index (χ1) is 12.5. The third kappa shape index (κ3) is 3.92. The summed E-state index contributed by atoms with van der Waals surface area (Å²) in [6.07, 6.45) is 0. The Hall–Kier alpha value is -3.54. The van der Waals surface area contributed by atoms with E-state index in [9.17, 15) is 9.59 Å². The molecular formula is C20H16N2O4. The van der Waals surface area contributed by atoms with E-state index in [2.05, 4.69) is 9.97 Å². The van der Waals surface area contributed by atoms with Crippen molar-refractivity contribution in [3.63, 3.8) is 0 Å². The Labute approximate surface area is 150 Å². The highest BCUT2D eigenvalue weighted by atomic mass is 16.6. The SMILES string of the molecule is CC(=O)Oc1nc(OC(C)=O)c(-c2ccccc2)nc1-c1ccccc1. The highest BCUT2D eigenvalue weighted by molar-refractivity contribution is 5.78. The first-order valence-corrected chi connectivity index (χ1v) is 7.94. The summed E-state index contributed by atoms with van der Waals surface area (Å²) in [6, 6.07) is 18.4. The van der Waals surface area contributed by atoms with Gasteiger partial charge in [0.2, 0.25) is 0 Å². The number of nitrogens with zero attached hydrogens (tertiary/aromatic N) is 2. The molecule has 0 amide bonds. The van der Waals surface area contributed by atoms with E-state index in [1.807, 2.05) is 60.7 Å². The molecule has 0 bridgehead atoms. The Kier molecular flexibility index (Phi) is 5.03. The lowest BCUT2D eigenvalue weighted by molar-refractivity contribution is -0.132. The molecule has 0 unspecified atom stereocenters. The number of hydrogen-bond acceptors (Lipinski definition) is 6. The van der Waals surface area contributed by atoms with Gasteiger partial charge in [-0.05, 0) is 0 Å². The lowest BCUT2D eigenvalue weighted by Gasteiger charge is -2.13. The topological polar surface area (TPSA) is 78.4 Å². The average Bonchev–Trinajstić information content (AvgIpc) is 2.62. The summed E-state index contributed by atoms with van der Waals surface area (Å²) in [7, 11) is 0. The lowest BCUT2D eigenvalue weighted by atomic mass is 10.1. The van der Waals surface area contributed by atoms with Gasteiger partial charge in [0.15, 0.2) is 0 Å². The van der Waals surface area contributed by atoms with Gasteiger partial charge in [-0.25, -0.2) is 4.98 Å². The molecule has 0 saturated carbocycles. The molecule has 0 fully saturated rings. The zero-order valence-corrected chi connectivity index (χ0v) is 14.3. The van der Waals surface area contributed by atoms with E-state index in [1.54, 1.807) is 0 Å². The summed E-state index contributed by atoms with van der Waals surface area (Å²) < 4.78 is 10.4. The Balaban J connectivity index is 2.25. The van der Waals surface area contributed by atoms with Gasteiger partial charge in [-0.1, -0.05) is 60.7 Å². The van der Waals surface area contributed by atoms with E-state index in [0.717, 1.165) is 11.1 Å². The predicted molar refractivity (Wildman–Crippen MR) is 95.5 cm³/mol. The second kappa shape index (κ2) is 7.57. The van der Waals surface area contributed by atoms with Crippen molar-refractivity contribution in [1.29, 1.82) is 0 Å². The number of carbonyl (C=O) groups is 2. The van der Waals surface area contributed by atoms with Crippen LogP contribution < -0.4 is 9.47 Å². The Bertz CT molecular complexity index is 866. The van der Waals surface area contributed by atoms with Gasteiger partial charge in [-0.3, -0.25) is 9.59 Å². The number of benzene rings is 2. The standard InChI is InChI=1S/C20H16N2O4/c1-13(23)25-19-17(15-9-5-3-6-10-15)21-18(16-11-7-4-8-12-16)20(22-19)26-14(2)24/h3-12H,1-2H3. The molecule has 0 spiro atoms. The third-order valence-electron chi connectivity index (χ3n) is 3.41. The normalized spacial score (nSPS) is 10.2. The van der Waals surface area contributed by atoms with Crippen LogP contribution >= 0.6 is 0 Å². The number of esters is 2. The zero-order valence-electron chi connectivity index (χ0n) is 14.3. The van der Waals surface area contributed by atoms with Crippen molar-refractivity contribution in [2.24, 2.45) is 0 Å². The molecule has 0 saturated heterocycles. The number of carbonyl (C=O) groups excluding carboxylic acids is 2. The molecule has 3 aromatic rings. The quantitative estimate of drug-likeness (QED) is 0.670. The van der Waals surface area contributed by atoms with Crippen molar-refractivity contribution in [2.45, 2.75) is 13.8 Å². The molecule has 130 valence electrons. The van der Waals surface area contributed by atoms with E-state index < -0.39 is 11.9 Å². The first-order valence-electron chi connectivity index (χ1n) is 7.94. The summed E-state index contributed by atoms with van der Waals surface area (Å²) >= 11 is 0. The van der Waals surface area contributed by atoms with Crippen LogP contribution in [0.1, 0.15) is 13.8 Å². The number of rotatable bonds is 4. The second-order valence-electron chi connectivity index (χ2n) is 5.45. The van der Waals surface area contributed by atoms with Gasteiger partial charge in [-0.15, -0.1) is 0 Å². The van der Waals surface area contributed by atoms with Crippen LogP contribution in [0, 0.1) is 0 Å². The van der Waals surface area contributed by atoms with Crippen molar-refractivity contribution >= 4 is 11.9 Å². The van der Waals surface area contributed by atoms with Gasteiger partial charge in [0.1, 0.15) is 11.4 Å². The van der Waals surface area contributed by atoms with Crippen LogP contribution in [0.5, 0.6) is 11.8 Å². The molecule has 26 heavy (non-hydrogen) atoms. The van der Waals surface area contributed by atoms with E-state index in [-0.39, 0.29) is 11.8 Å². The van der Waals surface area contributed by atoms with Crippen molar-refractivity contribution in [3.8, 4) is 34.3 Å². The molecular weight excluding hydrogens is 332 g/mol. The highest BCUT2D eigenvalue weighted by Gasteiger charge is 2.21. The monoisotopic (exact) mass is 348 g/mol. The van der Waals surface area contributed by atoms with Crippen LogP contribution in [0.3, 0.4) is 0 Å². The second-order valence-corrected chi connectivity index (χ2v) is 5.45. The van der Waals surface area contributed by atoms with Crippen LogP contribution in [-0.4, -0.2) is 21.9 Å². The van der Waals surface area contributed by atoms with Gasteiger partial charge < -0.3 is 9.47 Å².